The van der Waals surface area contributed by atoms with Gasteiger partial charge in [-0.15, -0.1) is 0 Å². The van der Waals surface area contributed by atoms with Crippen molar-refractivity contribution in [3.05, 3.63) is 45.1 Å². The van der Waals surface area contributed by atoms with E-state index in [9.17, 15) is 0 Å². The average Bonchev–Trinajstić information content (AvgIpc) is 2.54. The van der Waals surface area contributed by atoms with Gasteiger partial charge in [0, 0.05) is 12.1 Å². The molecule has 72 valence electrons. The Morgan fingerprint density at radius 2 is 2.29 bits per heavy atom. The molecule has 0 unspecified atom stereocenters. The van der Waals surface area contributed by atoms with Gasteiger partial charge in [-0.3, -0.25) is 0 Å². The zero-order valence-corrected chi connectivity index (χ0v) is 9.27. The van der Waals surface area contributed by atoms with Crippen molar-refractivity contribution >= 4 is 22.9 Å². The highest BCUT2D eigenvalue weighted by atomic mass is 35.5. The summed E-state index contributed by atoms with van der Waals surface area (Å²) < 4.78 is 0. The van der Waals surface area contributed by atoms with Gasteiger partial charge in [-0.25, -0.2) is 9.97 Å². The number of nitrogens with zero attached hydrogens (tertiary/aromatic N) is 2. The molecule has 4 heteroatoms. The number of hydrogen-bond acceptors (Lipinski definition) is 3. The van der Waals surface area contributed by atoms with E-state index in [1.165, 1.54) is 5.56 Å². The highest BCUT2D eigenvalue weighted by molar-refractivity contribution is 7.07. The summed E-state index contributed by atoms with van der Waals surface area (Å²) in [7, 11) is 0. The van der Waals surface area contributed by atoms with Crippen molar-refractivity contribution in [1.29, 1.82) is 0 Å². The molecule has 0 amide bonds. The van der Waals surface area contributed by atoms with Crippen LogP contribution in [0, 0.1) is 6.92 Å². The van der Waals surface area contributed by atoms with Crippen molar-refractivity contribution in [3.63, 3.8) is 0 Å². The maximum absolute atomic E-state index is 5.84. The van der Waals surface area contributed by atoms with Crippen LogP contribution in [0.1, 0.15) is 17.1 Å². The third-order valence-corrected chi connectivity index (χ3v) is 2.75. The molecular weight excluding hydrogens is 216 g/mol. The lowest BCUT2D eigenvalue weighted by Crippen LogP contribution is -1.96. The third kappa shape index (κ3) is 2.30. The normalized spacial score (nSPS) is 10.4. The maximum Gasteiger partial charge on any atom is 0.133 e. The van der Waals surface area contributed by atoms with E-state index in [1.54, 1.807) is 11.3 Å². The van der Waals surface area contributed by atoms with Crippen LogP contribution in [0.2, 0.25) is 5.15 Å². The summed E-state index contributed by atoms with van der Waals surface area (Å²) >= 11 is 7.53. The van der Waals surface area contributed by atoms with E-state index in [2.05, 4.69) is 26.8 Å². The lowest BCUT2D eigenvalue weighted by atomic mass is 10.2. The Morgan fingerprint density at radius 1 is 1.43 bits per heavy atom. The predicted octanol–water partition coefficient (Wildman–Crippen LogP) is 3.09. The third-order valence-electron chi connectivity index (χ3n) is 1.83. The molecule has 0 aliphatic rings. The van der Waals surface area contributed by atoms with Gasteiger partial charge in [0.1, 0.15) is 11.0 Å². The highest BCUT2D eigenvalue weighted by Gasteiger charge is 2.01. The van der Waals surface area contributed by atoms with Crippen molar-refractivity contribution in [2.75, 3.05) is 0 Å². The molecule has 0 fully saturated rings. The molecule has 2 nitrogen and oxygen atoms in total. The van der Waals surface area contributed by atoms with E-state index in [4.69, 9.17) is 11.6 Å². The fourth-order valence-electron chi connectivity index (χ4n) is 1.28. The van der Waals surface area contributed by atoms with Crippen LogP contribution < -0.4 is 0 Å². The summed E-state index contributed by atoms with van der Waals surface area (Å²) in [5.74, 6) is 0.725. The molecule has 0 aliphatic heterocycles. The van der Waals surface area contributed by atoms with Crippen LogP contribution in [0.15, 0.2) is 22.9 Å². The zero-order valence-electron chi connectivity index (χ0n) is 7.70. The summed E-state index contributed by atoms with van der Waals surface area (Å²) in [6, 6.07) is 3.90. The number of aryl methyl sites for hydroxylation is 1. The van der Waals surface area contributed by atoms with E-state index in [0.717, 1.165) is 17.9 Å². The van der Waals surface area contributed by atoms with Crippen LogP contribution in [0.3, 0.4) is 0 Å². The Balaban J connectivity index is 2.25. The first-order valence-corrected chi connectivity index (χ1v) is 5.57. The van der Waals surface area contributed by atoms with Gasteiger partial charge in [0.25, 0.3) is 0 Å². The predicted molar refractivity (Wildman–Crippen MR) is 58.9 cm³/mol. The molecule has 2 aromatic rings. The minimum Gasteiger partial charge on any atom is -0.238 e. The summed E-state index contributed by atoms with van der Waals surface area (Å²) in [5, 5.41) is 4.69. The van der Waals surface area contributed by atoms with E-state index >= 15 is 0 Å². The Morgan fingerprint density at radius 3 is 2.93 bits per heavy atom. The first-order chi connectivity index (χ1) is 6.74. The second-order valence-corrected chi connectivity index (χ2v) is 4.20. The molecule has 2 rings (SSSR count). The van der Waals surface area contributed by atoms with Gasteiger partial charge < -0.3 is 0 Å². The Bertz CT molecular complexity index is 405. The SMILES string of the molecule is Cc1nc(Cl)cc(Cc2ccsc2)n1. The van der Waals surface area contributed by atoms with Crippen LogP contribution in [0.25, 0.3) is 0 Å². The van der Waals surface area contributed by atoms with Crippen LogP contribution >= 0.6 is 22.9 Å². The number of hydrogen-bond donors (Lipinski definition) is 0. The van der Waals surface area contributed by atoms with Gasteiger partial charge in [0.15, 0.2) is 0 Å². The average molecular weight is 225 g/mol. The summed E-state index contributed by atoms with van der Waals surface area (Å²) in [5.41, 5.74) is 2.24. The monoisotopic (exact) mass is 224 g/mol. The molecule has 0 spiro atoms. The zero-order chi connectivity index (χ0) is 9.97. The fraction of sp³-hybridized carbons (Fsp3) is 0.200. The second kappa shape index (κ2) is 4.07. The molecule has 14 heavy (non-hydrogen) atoms. The van der Waals surface area contributed by atoms with Gasteiger partial charge in [0.2, 0.25) is 0 Å². The van der Waals surface area contributed by atoms with Gasteiger partial charge >= 0.3 is 0 Å². The van der Waals surface area contributed by atoms with Gasteiger partial charge in [0.05, 0.1) is 0 Å². The maximum atomic E-state index is 5.84. The van der Waals surface area contributed by atoms with E-state index < -0.39 is 0 Å². The molecule has 0 bridgehead atoms. The first kappa shape index (κ1) is 9.62. The Labute approximate surface area is 91.6 Å². The van der Waals surface area contributed by atoms with E-state index in [0.29, 0.717) is 5.15 Å². The number of thiophene rings is 1. The Kier molecular flexibility index (Phi) is 2.79. The van der Waals surface area contributed by atoms with Gasteiger partial charge in [-0.2, -0.15) is 11.3 Å². The van der Waals surface area contributed by atoms with Crippen molar-refractivity contribution in [1.82, 2.24) is 9.97 Å². The number of rotatable bonds is 2. The Hall–Kier alpha value is -0.930. The number of aromatic nitrogens is 2. The molecule has 2 heterocycles. The summed E-state index contributed by atoms with van der Waals surface area (Å²) in [4.78, 5) is 8.34. The van der Waals surface area contributed by atoms with Crippen LogP contribution in [-0.4, -0.2) is 9.97 Å². The molecule has 2 aromatic heterocycles. The molecular formula is C10H9ClN2S. The molecule has 0 aliphatic carbocycles. The summed E-state index contributed by atoms with van der Waals surface area (Å²) in [6.45, 7) is 1.85. The topological polar surface area (TPSA) is 25.8 Å². The summed E-state index contributed by atoms with van der Waals surface area (Å²) in [6.07, 6.45) is 0.826. The number of halogens is 1. The van der Waals surface area contributed by atoms with E-state index in [-0.39, 0.29) is 0 Å². The minimum atomic E-state index is 0.516. The van der Waals surface area contributed by atoms with Crippen molar-refractivity contribution < 1.29 is 0 Å². The fourth-order valence-corrected chi connectivity index (χ4v) is 2.20. The minimum absolute atomic E-state index is 0.516. The van der Waals surface area contributed by atoms with Crippen molar-refractivity contribution in [2.24, 2.45) is 0 Å². The van der Waals surface area contributed by atoms with Crippen LogP contribution in [0.5, 0.6) is 0 Å². The molecule has 0 saturated carbocycles. The molecule has 0 atom stereocenters. The highest BCUT2D eigenvalue weighted by Crippen LogP contribution is 2.13. The largest absolute Gasteiger partial charge is 0.238 e. The molecule has 0 radical (unpaired) electrons. The second-order valence-electron chi connectivity index (χ2n) is 3.04. The van der Waals surface area contributed by atoms with Crippen molar-refractivity contribution in [3.8, 4) is 0 Å². The van der Waals surface area contributed by atoms with E-state index in [1.807, 2.05) is 13.0 Å². The van der Waals surface area contributed by atoms with Gasteiger partial charge in [-0.05, 0) is 35.4 Å². The molecule has 0 aromatic carbocycles. The molecule has 0 saturated heterocycles. The molecule has 0 N–H and O–H groups in total. The lowest BCUT2D eigenvalue weighted by Gasteiger charge is -2.00. The smallest absolute Gasteiger partial charge is 0.133 e. The lowest BCUT2D eigenvalue weighted by molar-refractivity contribution is 0.971. The standard InChI is InChI=1S/C10H9ClN2S/c1-7-12-9(5-10(11)13-7)4-8-2-3-14-6-8/h2-3,5-6H,4H2,1H3. The van der Waals surface area contributed by atoms with Crippen molar-refractivity contribution in [2.45, 2.75) is 13.3 Å². The van der Waals surface area contributed by atoms with Crippen LogP contribution in [0.4, 0.5) is 0 Å². The first-order valence-electron chi connectivity index (χ1n) is 4.25. The quantitative estimate of drug-likeness (QED) is 0.733. The van der Waals surface area contributed by atoms with Gasteiger partial charge in [-0.1, -0.05) is 11.6 Å². The van der Waals surface area contributed by atoms with Crippen LogP contribution in [-0.2, 0) is 6.42 Å².